The monoisotopic (exact) mass is 412 g/mol. The zero-order valence-corrected chi connectivity index (χ0v) is 18.4. The SMILES string of the molecule is CCOC(=O)/C(=C/CCc1cc(OC)c(OC)c(OC)c1)CCCc1ccccc1. The molecule has 0 amide bonds. The Labute approximate surface area is 179 Å². The third-order valence-corrected chi connectivity index (χ3v) is 4.84. The smallest absolute Gasteiger partial charge is 0.333 e. The van der Waals surface area contributed by atoms with Gasteiger partial charge in [0.2, 0.25) is 5.75 Å². The molecular formula is C25H32O5. The maximum Gasteiger partial charge on any atom is 0.333 e. The Morgan fingerprint density at radius 3 is 2.13 bits per heavy atom. The number of hydrogen-bond donors (Lipinski definition) is 0. The van der Waals surface area contributed by atoms with Crippen LogP contribution in [0.3, 0.4) is 0 Å². The molecule has 2 rings (SSSR count). The number of hydrogen-bond acceptors (Lipinski definition) is 5. The molecule has 0 atom stereocenters. The zero-order valence-electron chi connectivity index (χ0n) is 18.4. The summed E-state index contributed by atoms with van der Waals surface area (Å²) in [4.78, 5) is 12.4. The first-order valence-electron chi connectivity index (χ1n) is 10.3. The lowest BCUT2D eigenvalue weighted by molar-refractivity contribution is -0.138. The van der Waals surface area contributed by atoms with Crippen LogP contribution in [-0.2, 0) is 22.4 Å². The summed E-state index contributed by atoms with van der Waals surface area (Å²) in [5.41, 5.74) is 3.06. The molecule has 30 heavy (non-hydrogen) atoms. The number of rotatable bonds is 12. The van der Waals surface area contributed by atoms with E-state index in [0.29, 0.717) is 30.3 Å². The summed E-state index contributed by atoms with van der Waals surface area (Å²) in [6, 6.07) is 14.2. The topological polar surface area (TPSA) is 54.0 Å². The average Bonchev–Trinajstić information content (AvgIpc) is 2.78. The van der Waals surface area contributed by atoms with Crippen LogP contribution in [0.15, 0.2) is 54.1 Å². The number of carbonyl (C=O) groups is 1. The van der Waals surface area contributed by atoms with Crippen molar-refractivity contribution in [3.05, 3.63) is 65.2 Å². The summed E-state index contributed by atoms with van der Waals surface area (Å²) in [5, 5.41) is 0. The minimum absolute atomic E-state index is 0.226. The Kier molecular flexibility index (Phi) is 9.78. The van der Waals surface area contributed by atoms with Gasteiger partial charge in [-0.3, -0.25) is 0 Å². The molecule has 162 valence electrons. The summed E-state index contributed by atoms with van der Waals surface area (Å²) >= 11 is 0. The second kappa shape index (κ2) is 12.6. The number of esters is 1. The Morgan fingerprint density at radius 2 is 1.57 bits per heavy atom. The van der Waals surface area contributed by atoms with Crippen LogP contribution in [0.2, 0.25) is 0 Å². The van der Waals surface area contributed by atoms with Gasteiger partial charge in [-0.25, -0.2) is 4.79 Å². The lowest BCUT2D eigenvalue weighted by Crippen LogP contribution is -2.08. The third kappa shape index (κ3) is 6.83. The van der Waals surface area contributed by atoms with Crippen molar-refractivity contribution >= 4 is 5.97 Å². The van der Waals surface area contributed by atoms with E-state index in [-0.39, 0.29) is 5.97 Å². The van der Waals surface area contributed by atoms with E-state index in [4.69, 9.17) is 18.9 Å². The van der Waals surface area contributed by atoms with E-state index in [2.05, 4.69) is 12.1 Å². The molecule has 0 aliphatic heterocycles. The molecule has 0 unspecified atom stereocenters. The van der Waals surface area contributed by atoms with Crippen molar-refractivity contribution in [1.29, 1.82) is 0 Å². The van der Waals surface area contributed by atoms with E-state index in [1.807, 2.05) is 43.3 Å². The number of ether oxygens (including phenoxy) is 4. The van der Waals surface area contributed by atoms with E-state index in [1.54, 1.807) is 21.3 Å². The van der Waals surface area contributed by atoms with Crippen molar-refractivity contribution in [2.24, 2.45) is 0 Å². The van der Waals surface area contributed by atoms with Crippen LogP contribution >= 0.6 is 0 Å². The molecule has 0 aliphatic carbocycles. The van der Waals surface area contributed by atoms with Crippen molar-refractivity contribution in [2.45, 2.75) is 39.0 Å². The van der Waals surface area contributed by atoms with Gasteiger partial charge < -0.3 is 18.9 Å². The Balaban J connectivity index is 2.04. The highest BCUT2D eigenvalue weighted by atomic mass is 16.5. The van der Waals surface area contributed by atoms with Crippen molar-refractivity contribution in [3.8, 4) is 17.2 Å². The van der Waals surface area contributed by atoms with Gasteiger partial charge in [-0.05, 0) is 62.3 Å². The normalized spacial score (nSPS) is 11.1. The molecule has 0 spiro atoms. The van der Waals surface area contributed by atoms with Crippen molar-refractivity contribution < 1.29 is 23.7 Å². The van der Waals surface area contributed by atoms with E-state index < -0.39 is 0 Å². The van der Waals surface area contributed by atoms with Crippen LogP contribution < -0.4 is 14.2 Å². The fourth-order valence-corrected chi connectivity index (χ4v) is 3.33. The highest BCUT2D eigenvalue weighted by Gasteiger charge is 2.14. The first kappa shape index (κ1) is 23.3. The number of aryl methyl sites for hydroxylation is 2. The number of carbonyl (C=O) groups excluding carboxylic acids is 1. The van der Waals surface area contributed by atoms with Crippen LogP contribution in [0.1, 0.15) is 37.3 Å². The number of allylic oxidation sites excluding steroid dienone is 1. The summed E-state index contributed by atoms with van der Waals surface area (Å²) in [5.74, 6) is 1.61. The zero-order chi connectivity index (χ0) is 21.8. The van der Waals surface area contributed by atoms with Crippen LogP contribution in [-0.4, -0.2) is 33.9 Å². The minimum atomic E-state index is -0.226. The van der Waals surface area contributed by atoms with Gasteiger partial charge in [0.1, 0.15) is 0 Å². The molecular weight excluding hydrogens is 380 g/mol. The van der Waals surface area contributed by atoms with Crippen LogP contribution in [0.25, 0.3) is 0 Å². The van der Waals surface area contributed by atoms with Gasteiger partial charge >= 0.3 is 5.97 Å². The van der Waals surface area contributed by atoms with Gasteiger partial charge in [-0.1, -0.05) is 36.4 Å². The largest absolute Gasteiger partial charge is 0.493 e. The van der Waals surface area contributed by atoms with Gasteiger partial charge in [0.05, 0.1) is 27.9 Å². The molecule has 0 aliphatic rings. The van der Waals surface area contributed by atoms with Crippen LogP contribution in [0.5, 0.6) is 17.2 Å². The van der Waals surface area contributed by atoms with E-state index in [9.17, 15) is 4.79 Å². The third-order valence-electron chi connectivity index (χ3n) is 4.84. The lowest BCUT2D eigenvalue weighted by atomic mass is 10.0. The molecule has 0 bridgehead atoms. The second-order valence-corrected chi connectivity index (χ2v) is 6.86. The number of methoxy groups -OCH3 is 3. The van der Waals surface area contributed by atoms with Gasteiger partial charge in [-0.2, -0.15) is 0 Å². The lowest BCUT2D eigenvalue weighted by Gasteiger charge is -2.14. The minimum Gasteiger partial charge on any atom is -0.493 e. The molecule has 5 nitrogen and oxygen atoms in total. The summed E-state index contributed by atoms with van der Waals surface area (Å²) in [7, 11) is 4.79. The van der Waals surface area contributed by atoms with Gasteiger partial charge in [0.15, 0.2) is 11.5 Å². The Bertz CT molecular complexity index is 802. The first-order valence-corrected chi connectivity index (χ1v) is 10.3. The summed E-state index contributed by atoms with van der Waals surface area (Å²) in [6.45, 7) is 2.21. The van der Waals surface area contributed by atoms with Crippen molar-refractivity contribution in [1.82, 2.24) is 0 Å². The van der Waals surface area contributed by atoms with E-state index in [1.165, 1.54) is 5.56 Å². The second-order valence-electron chi connectivity index (χ2n) is 6.86. The van der Waals surface area contributed by atoms with Crippen molar-refractivity contribution in [2.75, 3.05) is 27.9 Å². The maximum atomic E-state index is 12.4. The molecule has 2 aromatic carbocycles. The molecule has 0 aromatic heterocycles. The van der Waals surface area contributed by atoms with E-state index >= 15 is 0 Å². The van der Waals surface area contributed by atoms with Crippen LogP contribution in [0.4, 0.5) is 0 Å². The van der Waals surface area contributed by atoms with E-state index in [0.717, 1.165) is 36.8 Å². The number of benzene rings is 2. The molecule has 5 heteroatoms. The highest BCUT2D eigenvalue weighted by Crippen LogP contribution is 2.38. The Morgan fingerprint density at radius 1 is 0.900 bits per heavy atom. The quantitative estimate of drug-likeness (QED) is 0.356. The van der Waals surface area contributed by atoms with Crippen LogP contribution in [0, 0.1) is 0 Å². The standard InChI is InChI=1S/C25H32O5/c1-5-30-25(26)21(15-9-13-19-11-7-6-8-12-19)16-10-14-20-17-22(27-2)24(29-4)23(18-20)28-3/h6-8,11-12,16-18H,5,9-10,13-15H2,1-4H3/b21-16+. The molecule has 0 saturated carbocycles. The van der Waals surface area contributed by atoms with Gasteiger partial charge in [-0.15, -0.1) is 0 Å². The van der Waals surface area contributed by atoms with Gasteiger partial charge in [0, 0.05) is 5.57 Å². The molecule has 2 aromatic rings. The first-order chi connectivity index (χ1) is 14.6. The summed E-state index contributed by atoms with van der Waals surface area (Å²) in [6.07, 6.45) is 5.99. The molecule has 0 heterocycles. The fourth-order valence-electron chi connectivity index (χ4n) is 3.33. The molecule has 0 radical (unpaired) electrons. The van der Waals surface area contributed by atoms with Crippen molar-refractivity contribution in [3.63, 3.8) is 0 Å². The predicted molar refractivity (Wildman–Crippen MR) is 119 cm³/mol. The summed E-state index contributed by atoms with van der Waals surface area (Å²) < 4.78 is 21.5. The molecule has 0 saturated heterocycles. The average molecular weight is 413 g/mol. The van der Waals surface area contributed by atoms with Gasteiger partial charge in [0.25, 0.3) is 0 Å². The predicted octanol–water partition coefficient (Wildman–Crippen LogP) is 5.16. The Hall–Kier alpha value is -2.95. The maximum absolute atomic E-state index is 12.4. The highest BCUT2D eigenvalue weighted by molar-refractivity contribution is 5.88. The molecule has 0 N–H and O–H groups in total. The molecule has 0 fully saturated rings. The fraction of sp³-hybridized carbons (Fsp3) is 0.400.